The SMILES string of the molecule is CC(C)C([O])OC(C)(C)C. The Morgan fingerprint density at radius 2 is 1.60 bits per heavy atom. The lowest BCUT2D eigenvalue weighted by molar-refractivity contribution is -0.215. The van der Waals surface area contributed by atoms with Gasteiger partial charge in [0, 0.05) is 5.92 Å². The molecule has 0 bridgehead atoms. The second-order valence-corrected chi connectivity index (χ2v) is 3.84. The minimum absolute atomic E-state index is 0.0548. The molecular formula is C8H17O2. The molecule has 2 nitrogen and oxygen atoms in total. The lowest BCUT2D eigenvalue weighted by Crippen LogP contribution is -2.29. The maximum atomic E-state index is 11.0. The Labute approximate surface area is 63.2 Å². The van der Waals surface area contributed by atoms with Crippen LogP contribution in [0.25, 0.3) is 0 Å². The molecule has 0 aromatic rings. The smallest absolute Gasteiger partial charge is 0.194 e. The van der Waals surface area contributed by atoms with E-state index in [-0.39, 0.29) is 11.5 Å². The Bertz CT molecular complexity index is 91.9. The molecule has 1 unspecified atom stereocenters. The normalized spacial score (nSPS) is 15.9. The van der Waals surface area contributed by atoms with Crippen molar-refractivity contribution >= 4 is 0 Å². The second kappa shape index (κ2) is 3.35. The van der Waals surface area contributed by atoms with Crippen molar-refractivity contribution in [2.24, 2.45) is 5.92 Å². The third-order valence-corrected chi connectivity index (χ3v) is 1.01. The van der Waals surface area contributed by atoms with Crippen LogP contribution in [0.1, 0.15) is 34.6 Å². The Morgan fingerprint density at radius 3 is 1.70 bits per heavy atom. The van der Waals surface area contributed by atoms with Gasteiger partial charge in [-0.05, 0) is 20.8 Å². The molecular weight excluding hydrogens is 128 g/mol. The van der Waals surface area contributed by atoms with E-state index in [9.17, 15) is 5.11 Å². The van der Waals surface area contributed by atoms with Crippen molar-refractivity contribution in [1.29, 1.82) is 0 Å². The summed E-state index contributed by atoms with van der Waals surface area (Å²) < 4.78 is 5.14. The summed E-state index contributed by atoms with van der Waals surface area (Å²) >= 11 is 0. The number of ether oxygens (including phenoxy) is 1. The number of hydrogen-bond donors (Lipinski definition) is 0. The fourth-order valence-electron chi connectivity index (χ4n) is 0.485. The van der Waals surface area contributed by atoms with Crippen molar-refractivity contribution in [3.05, 3.63) is 0 Å². The van der Waals surface area contributed by atoms with Crippen LogP contribution in [0.3, 0.4) is 0 Å². The topological polar surface area (TPSA) is 29.1 Å². The predicted molar refractivity (Wildman–Crippen MR) is 40.2 cm³/mol. The van der Waals surface area contributed by atoms with Crippen molar-refractivity contribution < 1.29 is 9.84 Å². The Balaban J connectivity index is 3.68. The van der Waals surface area contributed by atoms with Gasteiger partial charge in [-0.1, -0.05) is 13.8 Å². The fourth-order valence-corrected chi connectivity index (χ4v) is 0.485. The summed E-state index contributed by atoms with van der Waals surface area (Å²) in [6.45, 7) is 9.40. The average molecular weight is 145 g/mol. The molecule has 0 aliphatic carbocycles. The van der Waals surface area contributed by atoms with E-state index >= 15 is 0 Å². The molecule has 0 heterocycles. The van der Waals surface area contributed by atoms with Crippen molar-refractivity contribution in [2.75, 3.05) is 0 Å². The summed E-state index contributed by atoms with van der Waals surface area (Å²) in [6.07, 6.45) is -0.889. The molecule has 61 valence electrons. The van der Waals surface area contributed by atoms with Gasteiger partial charge in [0.05, 0.1) is 5.60 Å². The summed E-state index contributed by atoms with van der Waals surface area (Å²) in [5.74, 6) is 0.0548. The molecule has 0 rings (SSSR count). The van der Waals surface area contributed by atoms with Crippen LogP contribution in [0.2, 0.25) is 0 Å². The van der Waals surface area contributed by atoms with Gasteiger partial charge in [0.15, 0.2) is 6.29 Å². The Kier molecular flexibility index (Phi) is 3.33. The van der Waals surface area contributed by atoms with Gasteiger partial charge in [-0.3, -0.25) is 0 Å². The van der Waals surface area contributed by atoms with Gasteiger partial charge in [-0.2, -0.15) is 0 Å². The van der Waals surface area contributed by atoms with E-state index in [2.05, 4.69) is 0 Å². The van der Waals surface area contributed by atoms with Crippen LogP contribution in [-0.4, -0.2) is 11.9 Å². The number of rotatable bonds is 2. The first-order chi connectivity index (χ1) is 4.33. The maximum Gasteiger partial charge on any atom is 0.194 e. The summed E-state index contributed by atoms with van der Waals surface area (Å²) in [5, 5.41) is 11.0. The Hall–Kier alpha value is -0.0800. The summed E-state index contributed by atoms with van der Waals surface area (Å²) in [4.78, 5) is 0. The highest BCUT2D eigenvalue weighted by molar-refractivity contribution is 4.61. The summed E-state index contributed by atoms with van der Waals surface area (Å²) in [6, 6.07) is 0. The molecule has 1 radical (unpaired) electrons. The first kappa shape index (κ1) is 9.92. The molecule has 0 fully saturated rings. The lowest BCUT2D eigenvalue weighted by atomic mass is 10.1. The molecule has 0 aromatic heterocycles. The third kappa shape index (κ3) is 4.77. The van der Waals surface area contributed by atoms with Crippen LogP contribution >= 0.6 is 0 Å². The van der Waals surface area contributed by atoms with Gasteiger partial charge in [0.1, 0.15) is 0 Å². The standard InChI is InChI=1S/C8H17O2/c1-6(2)7(9)10-8(3,4)5/h6-7H,1-5H3. The fraction of sp³-hybridized carbons (Fsp3) is 1.00. The van der Waals surface area contributed by atoms with Crippen LogP contribution in [0.5, 0.6) is 0 Å². The summed E-state index contributed by atoms with van der Waals surface area (Å²) in [5.41, 5.74) is -0.309. The van der Waals surface area contributed by atoms with Gasteiger partial charge in [-0.15, -0.1) is 0 Å². The zero-order valence-corrected chi connectivity index (χ0v) is 7.47. The monoisotopic (exact) mass is 145 g/mol. The number of hydrogen-bond acceptors (Lipinski definition) is 1. The van der Waals surface area contributed by atoms with Crippen molar-refractivity contribution in [3.8, 4) is 0 Å². The minimum atomic E-state index is -0.889. The molecule has 2 heteroatoms. The molecule has 1 atom stereocenters. The molecule has 10 heavy (non-hydrogen) atoms. The summed E-state index contributed by atoms with van der Waals surface area (Å²) in [7, 11) is 0. The molecule has 0 N–H and O–H groups in total. The van der Waals surface area contributed by atoms with Crippen LogP contribution in [-0.2, 0) is 9.84 Å². The maximum absolute atomic E-state index is 11.0. The van der Waals surface area contributed by atoms with E-state index in [1.54, 1.807) is 0 Å². The van der Waals surface area contributed by atoms with Gasteiger partial charge < -0.3 is 4.74 Å². The highest BCUT2D eigenvalue weighted by Gasteiger charge is 2.19. The van der Waals surface area contributed by atoms with Crippen molar-refractivity contribution in [1.82, 2.24) is 0 Å². The second-order valence-electron chi connectivity index (χ2n) is 3.84. The van der Waals surface area contributed by atoms with Crippen LogP contribution in [0.15, 0.2) is 0 Å². The first-order valence-corrected chi connectivity index (χ1v) is 3.66. The molecule has 0 aromatic carbocycles. The molecule has 0 spiro atoms. The molecule has 0 amide bonds. The van der Waals surface area contributed by atoms with Gasteiger partial charge in [0.25, 0.3) is 0 Å². The van der Waals surface area contributed by atoms with E-state index in [4.69, 9.17) is 4.74 Å². The third-order valence-electron chi connectivity index (χ3n) is 1.01. The molecule has 0 aliphatic rings. The van der Waals surface area contributed by atoms with E-state index in [0.29, 0.717) is 0 Å². The molecule has 0 saturated carbocycles. The van der Waals surface area contributed by atoms with Crippen molar-refractivity contribution in [2.45, 2.75) is 46.5 Å². The van der Waals surface area contributed by atoms with E-state index in [1.165, 1.54) is 0 Å². The van der Waals surface area contributed by atoms with Crippen LogP contribution in [0, 0.1) is 5.92 Å². The van der Waals surface area contributed by atoms with Gasteiger partial charge in [0.2, 0.25) is 0 Å². The zero-order valence-electron chi connectivity index (χ0n) is 7.47. The van der Waals surface area contributed by atoms with Gasteiger partial charge >= 0.3 is 0 Å². The molecule has 0 aliphatic heterocycles. The van der Waals surface area contributed by atoms with Gasteiger partial charge in [-0.25, -0.2) is 5.11 Å². The minimum Gasteiger partial charge on any atom is -0.344 e. The molecule has 0 saturated heterocycles. The Morgan fingerprint density at radius 1 is 1.20 bits per heavy atom. The van der Waals surface area contributed by atoms with E-state index < -0.39 is 6.29 Å². The average Bonchev–Trinajstić information content (AvgIpc) is 1.60. The largest absolute Gasteiger partial charge is 0.344 e. The van der Waals surface area contributed by atoms with E-state index in [1.807, 2.05) is 34.6 Å². The van der Waals surface area contributed by atoms with E-state index in [0.717, 1.165) is 0 Å². The van der Waals surface area contributed by atoms with Crippen LogP contribution in [0.4, 0.5) is 0 Å². The quantitative estimate of drug-likeness (QED) is 0.548. The van der Waals surface area contributed by atoms with Crippen LogP contribution < -0.4 is 0 Å². The van der Waals surface area contributed by atoms with Crippen molar-refractivity contribution in [3.63, 3.8) is 0 Å². The lowest BCUT2D eigenvalue weighted by Gasteiger charge is -2.24. The highest BCUT2D eigenvalue weighted by atomic mass is 16.6. The zero-order chi connectivity index (χ0) is 8.36. The highest BCUT2D eigenvalue weighted by Crippen LogP contribution is 2.14. The first-order valence-electron chi connectivity index (χ1n) is 3.66. The predicted octanol–water partition coefficient (Wildman–Crippen LogP) is 2.21.